The molecule has 0 aliphatic heterocycles. The molecule has 1 unspecified atom stereocenters. The fourth-order valence-corrected chi connectivity index (χ4v) is 12.8. The number of carboxylic acids is 1. The van der Waals surface area contributed by atoms with E-state index in [1.165, 1.54) is 90.4 Å². The lowest BCUT2D eigenvalue weighted by Crippen LogP contribution is -2.65. The Morgan fingerprint density at radius 2 is 1.34 bits per heavy atom. The van der Waals surface area contributed by atoms with Gasteiger partial charge in [-0.3, -0.25) is 9.59 Å². The quantitative estimate of drug-likeness (QED) is 0.0487. The molecule has 4 fully saturated rings. The van der Waals surface area contributed by atoms with Gasteiger partial charge in [0.05, 0.1) is 6.10 Å². The van der Waals surface area contributed by atoms with E-state index in [9.17, 15) is 24.6 Å². The number of hydrogen-bond donors (Lipinski definition) is 2. The van der Waals surface area contributed by atoms with E-state index >= 15 is 0 Å². The molecule has 2 N–H and O–H groups in total. The Morgan fingerprint density at radius 1 is 0.768 bits per heavy atom. The number of aliphatic hydroxyl groups is 1. The maximum Gasteiger partial charge on any atom is 0.331 e. The number of carbonyl (C=O) groups is 3. The van der Waals surface area contributed by atoms with E-state index in [4.69, 9.17) is 9.47 Å². The number of aliphatic carboxylic acids is 1. The van der Waals surface area contributed by atoms with E-state index < -0.39 is 24.1 Å². The van der Waals surface area contributed by atoms with Gasteiger partial charge >= 0.3 is 17.9 Å². The Bertz CT molecular complexity index is 1360. The Morgan fingerprint density at radius 3 is 1.88 bits per heavy atom. The molecular weight excluding hydrogens is 701 g/mol. The molecule has 56 heavy (non-hydrogen) atoms. The summed E-state index contributed by atoms with van der Waals surface area (Å²) in [5.74, 6) is -1.09. The molecule has 0 aromatic carbocycles. The summed E-state index contributed by atoms with van der Waals surface area (Å²) in [5.41, 5.74) is 1.41. The maximum absolute atomic E-state index is 13.1. The van der Waals surface area contributed by atoms with Crippen LogP contribution in [0.4, 0.5) is 0 Å². The zero-order chi connectivity index (χ0) is 41.1. The van der Waals surface area contributed by atoms with Gasteiger partial charge in [-0.05, 0) is 117 Å². The fourth-order valence-electron chi connectivity index (χ4n) is 12.8. The number of ether oxygens (including phenoxy) is 2. The molecule has 7 heteroatoms. The van der Waals surface area contributed by atoms with E-state index in [2.05, 4.69) is 40.7 Å². The van der Waals surface area contributed by atoms with E-state index in [1.54, 1.807) is 0 Å². The van der Waals surface area contributed by atoms with Crippen molar-refractivity contribution in [1.29, 1.82) is 0 Å². The number of hydrogen-bond acceptors (Lipinski definition) is 6. The average molecular weight is 783 g/mol. The van der Waals surface area contributed by atoms with Crippen molar-refractivity contribution >= 4 is 17.9 Å². The zero-order valence-electron chi connectivity index (χ0n) is 37.0. The predicted octanol–water partition coefficient (Wildman–Crippen LogP) is 12.5. The Hall–Kier alpha value is -2.15. The molecule has 320 valence electrons. The Kier molecular flexibility index (Phi) is 17.6. The molecule has 4 saturated carbocycles. The molecule has 4 aliphatic carbocycles. The lowest BCUT2D eigenvalue weighted by molar-refractivity contribution is -0.236. The molecule has 0 radical (unpaired) electrons. The largest absolute Gasteiger partial charge is 0.478 e. The van der Waals surface area contributed by atoms with Crippen molar-refractivity contribution in [2.45, 2.75) is 228 Å². The van der Waals surface area contributed by atoms with Crippen LogP contribution in [0.1, 0.15) is 209 Å². The van der Waals surface area contributed by atoms with Gasteiger partial charge in [-0.2, -0.15) is 0 Å². The van der Waals surface area contributed by atoms with Gasteiger partial charge in [-0.15, -0.1) is 0 Å². The highest BCUT2D eigenvalue weighted by atomic mass is 16.5. The summed E-state index contributed by atoms with van der Waals surface area (Å²) in [6, 6.07) is 0. The minimum Gasteiger partial charge on any atom is -0.478 e. The minimum absolute atomic E-state index is 0.00528. The van der Waals surface area contributed by atoms with E-state index in [-0.39, 0.29) is 46.1 Å². The number of carboxylic acid groups (broad SMARTS) is 1. The molecule has 0 heterocycles. The Balaban J connectivity index is 1.31. The van der Waals surface area contributed by atoms with E-state index in [0.717, 1.165) is 49.7 Å². The van der Waals surface area contributed by atoms with Crippen molar-refractivity contribution in [3.8, 4) is 0 Å². The van der Waals surface area contributed by atoms with E-state index in [1.807, 2.05) is 13.8 Å². The number of rotatable bonds is 22. The first-order chi connectivity index (χ1) is 26.6. The van der Waals surface area contributed by atoms with Gasteiger partial charge < -0.3 is 19.7 Å². The van der Waals surface area contributed by atoms with Gasteiger partial charge in [0.2, 0.25) is 0 Å². The van der Waals surface area contributed by atoms with Crippen LogP contribution < -0.4 is 0 Å². The number of fused-ring (bicyclic) bond motifs is 5. The van der Waals surface area contributed by atoms with Crippen molar-refractivity contribution in [2.24, 2.45) is 39.9 Å². The van der Waals surface area contributed by atoms with Crippen LogP contribution in [0, 0.1) is 39.9 Å². The molecule has 10 atom stereocenters. The van der Waals surface area contributed by atoms with Crippen LogP contribution in [0.2, 0.25) is 0 Å². The van der Waals surface area contributed by atoms with Crippen LogP contribution in [0.3, 0.4) is 0 Å². The second kappa shape index (κ2) is 21.2. The van der Waals surface area contributed by atoms with Crippen molar-refractivity contribution < 1.29 is 34.1 Å². The van der Waals surface area contributed by atoms with Crippen molar-refractivity contribution in [2.75, 3.05) is 0 Å². The summed E-state index contributed by atoms with van der Waals surface area (Å²) < 4.78 is 12.2. The summed E-state index contributed by atoms with van der Waals surface area (Å²) in [6.45, 7) is 17.0. The molecule has 0 bridgehead atoms. The number of carbonyl (C=O) groups excluding carboxylic acids is 2. The second-order valence-electron chi connectivity index (χ2n) is 19.8. The predicted molar refractivity (Wildman–Crippen MR) is 226 cm³/mol. The van der Waals surface area contributed by atoms with Crippen molar-refractivity contribution in [3.05, 3.63) is 22.8 Å². The highest BCUT2D eigenvalue weighted by Crippen LogP contribution is 2.74. The molecule has 7 nitrogen and oxygen atoms in total. The lowest BCUT2D eigenvalue weighted by Gasteiger charge is -2.69. The molecule has 0 spiro atoms. The summed E-state index contributed by atoms with van der Waals surface area (Å²) in [4.78, 5) is 38.4. The number of allylic oxidation sites excluding steroid dienone is 2. The van der Waals surface area contributed by atoms with Crippen LogP contribution in [-0.4, -0.2) is 46.4 Å². The SMILES string of the molecule is CCCCCCCCCCCCCCCCCC(=O)O[C@@H]1CC[C@]2(C)C3[C@H](O)C[C@H]4/C(=C(\CCC=C(C)C)C(=O)O)[C@@H](OC(C)=O)C[C@]4(C)[C@@]3(C)CC[C@H]2[C@@H]1C. The third-order valence-corrected chi connectivity index (χ3v) is 15.8. The van der Waals surface area contributed by atoms with Gasteiger partial charge in [0.1, 0.15) is 12.2 Å². The van der Waals surface area contributed by atoms with Crippen LogP contribution >= 0.6 is 0 Å². The van der Waals surface area contributed by atoms with Crippen LogP contribution in [0.15, 0.2) is 22.8 Å². The topological polar surface area (TPSA) is 110 Å². The lowest BCUT2D eigenvalue weighted by atomic mass is 9.36. The first kappa shape index (κ1) is 46.5. The van der Waals surface area contributed by atoms with Crippen LogP contribution in [0.25, 0.3) is 0 Å². The fraction of sp³-hybridized carbons (Fsp3) is 0.857. The number of unbranched alkanes of at least 4 members (excludes halogenated alkanes) is 14. The first-order valence-electron chi connectivity index (χ1n) is 23.2. The third-order valence-electron chi connectivity index (χ3n) is 15.8. The minimum atomic E-state index is -0.956. The summed E-state index contributed by atoms with van der Waals surface area (Å²) in [7, 11) is 0. The summed E-state index contributed by atoms with van der Waals surface area (Å²) >= 11 is 0. The average Bonchev–Trinajstić information content (AvgIpc) is 3.40. The van der Waals surface area contributed by atoms with Gasteiger partial charge in [-0.25, -0.2) is 4.79 Å². The highest BCUT2D eigenvalue weighted by molar-refractivity contribution is 5.88. The molecule has 4 rings (SSSR count). The maximum atomic E-state index is 13.1. The number of aliphatic hydroxyl groups excluding tert-OH is 1. The standard InChI is InChI=1S/C49H82O7/c1-9-10-11-12-13-14-15-16-17-18-19-20-21-22-23-27-43(52)56-41-29-30-47(6)38(35(41)4)28-31-48(7)45(47)40(51)32-39-44(37(46(53)54)26-24-25-34(2)3)42(55-36(5)50)33-49(39,48)8/h25,35,38-42,45,51H,9-24,26-33H2,1-8H3,(H,53,54)/b44-37-/t35-,38-,39-,40+,41+,42-,45?,47-,48-,49-/m0/s1. The molecule has 0 amide bonds. The first-order valence-corrected chi connectivity index (χ1v) is 23.2. The molecule has 0 aromatic heterocycles. The van der Waals surface area contributed by atoms with E-state index in [0.29, 0.717) is 43.6 Å². The van der Waals surface area contributed by atoms with Crippen molar-refractivity contribution in [3.63, 3.8) is 0 Å². The zero-order valence-corrected chi connectivity index (χ0v) is 37.0. The highest BCUT2D eigenvalue weighted by Gasteiger charge is 2.71. The second-order valence-corrected chi connectivity index (χ2v) is 19.8. The molecule has 4 aliphatic rings. The molecular formula is C49H82O7. The van der Waals surface area contributed by atoms with Gasteiger partial charge in [0, 0.05) is 18.9 Å². The van der Waals surface area contributed by atoms with Gasteiger partial charge in [0.25, 0.3) is 0 Å². The smallest absolute Gasteiger partial charge is 0.331 e. The number of esters is 2. The summed E-state index contributed by atoms with van der Waals surface area (Å²) in [6.07, 6.45) is 26.3. The third kappa shape index (κ3) is 10.9. The molecule has 0 saturated heterocycles. The monoisotopic (exact) mass is 783 g/mol. The summed E-state index contributed by atoms with van der Waals surface area (Å²) in [5, 5.41) is 22.8. The Labute approximate surface area is 341 Å². The normalized spacial score (nSPS) is 34.5. The van der Waals surface area contributed by atoms with Crippen LogP contribution in [-0.2, 0) is 23.9 Å². The van der Waals surface area contributed by atoms with Crippen molar-refractivity contribution in [1.82, 2.24) is 0 Å². The molecule has 0 aromatic rings. The van der Waals surface area contributed by atoms with Gasteiger partial charge in [0.15, 0.2) is 0 Å². The van der Waals surface area contributed by atoms with Gasteiger partial charge in [-0.1, -0.05) is 136 Å². The van der Waals surface area contributed by atoms with Crippen LogP contribution in [0.5, 0.6) is 0 Å².